The number of amides is 2. The number of halogens is 2. The number of carbonyl (C=O) groups is 2. The van der Waals surface area contributed by atoms with Gasteiger partial charge in [0.1, 0.15) is 11.4 Å². The molecular formula is C16H20ClFN4O4. The van der Waals surface area contributed by atoms with Crippen LogP contribution in [-0.2, 0) is 4.79 Å². The summed E-state index contributed by atoms with van der Waals surface area (Å²) in [5.74, 6) is -1.28. The third-order valence-corrected chi connectivity index (χ3v) is 4.64. The number of nitro groups is 1. The second-order valence-corrected chi connectivity index (χ2v) is 6.23. The fourth-order valence-corrected chi connectivity index (χ4v) is 3.41. The van der Waals surface area contributed by atoms with Crippen molar-refractivity contribution in [3.05, 3.63) is 39.7 Å². The molecule has 1 N–H and O–H groups in total. The van der Waals surface area contributed by atoms with Gasteiger partial charge in [0.05, 0.1) is 11.5 Å². The highest BCUT2D eigenvalue weighted by Crippen LogP contribution is 2.24. The Bertz CT molecular complexity index is 717. The SMILES string of the molecule is Cl.O=C(c1cc(F)ccc1[N+](=O)[O-])N1CCCC(N2CCNCC2=O)C1. The first-order chi connectivity index (χ1) is 12.0. The molecule has 1 aromatic carbocycles. The van der Waals surface area contributed by atoms with Crippen LogP contribution in [0.2, 0.25) is 0 Å². The van der Waals surface area contributed by atoms with Gasteiger partial charge in [0.25, 0.3) is 11.6 Å². The lowest BCUT2D eigenvalue weighted by Crippen LogP contribution is -2.57. The van der Waals surface area contributed by atoms with Crippen molar-refractivity contribution < 1.29 is 18.9 Å². The lowest BCUT2D eigenvalue weighted by Gasteiger charge is -2.41. The third-order valence-electron chi connectivity index (χ3n) is 4.64. The second kappa shape index (κ2) is 8.41. The number of hydrogen-bond acceptors (Lipinski definition) is 5. The molecule has 2 saturated heterocycles. The summed E-state index contributed by atoms with van der Waals surface area (Å²) in [6.07, 6.45) is 1.47. The van der Waals surface area contributed by atoms with Crippen LogP contribution in [0.3, 0.4) is 0 Å². The Kier molecular flexibility index (Phi) is 6.49. The van der Waals surface area contributed by atoms with Gasteiger partial charge in [-0.3, -0.25) is 19.7 Å². The largest absolute Gasteiger partial charge is 0.336 e. The zero-order valence-corrected chi connectivity index (χ0v) is 14.8. The highest BCUT2D eigenvalue weighted by Gasteiger charge is 2.33. The highest BCUT2D eigenvalue weighted by atomic mass is 35.5. The van der Waals surface area contributed by atoms with Gasteiger partial charge in [-0.1, -0.05) is 0 Å². The fraction of sp³-hybridized carbons (Fsp3) is 0.500. The molecule has 142 valence electrons. The van der Waals surface area contributed by atoms with Crippen LogP contribution < -0.4 is 5.32 Å². The summed E-state index contributed by atoms with van der Waals surface area (Å²) in [4.78, 5) is 38.5. The van der Waals surface area contributed by atoms with Gasteiger partial charge < -0.3 is 15.1 Å². The van der Waals surface area contributed by atoms with Crippen molar-refractivity contribution in [1.82, 2.24) is 15.1 Å². The van der Waals surface area contributed by atoms with Crippen molar-refractivity contribution in [2.75, 3.05) is 32.7 Å². The predicted molar refractivity (Wildman–Crippen MR) is 93.8 cm³/mol. The van der Waals surface area contributed by atoms with E-state index in [1.165, 1.54) is 4.90 Å². The second-order valence-electron chi connectivity index (χ2n) is 6.23. The standard InChI is InChI=1S/C16H19FN4O4.ClH/c17-11-3-4-14(21(24)25)13(8-11)16(23)19-6-1-2-12(10-19)20-7-5-18-9-15(20)22;/h3-4,8,12,18H,1-2,5-7,9-10H2;1H. The molecule has 0 aromatic heterocycles. The molecule has 1 aromatic rings. The molecule has 2 aliphatic rings. The Morgan fingerprint density at radius 1 is 1.35 bits per heavy atom. The molecule has 0 saturated carbocycles. The molecule has 2 amide bonds. The number of piperidine rings is 1. The lowest BCUT2D eigenvalue weighted by molar-refractivity contribution is -0.385. The van der Waals surface area contributed by atoms with Gasteiger partial charge in [0.2, 0.25) is 5.91 Å². The Balaban J connectivity index is 0.00000243. The lowest BCUT2D eigenvalue weighted by atomic mass is 10.0. The van der Waals surface area contributed by atoms with Gasteiger partial charge in [-0.2, -0.15) is 0 Å². The van der Waals surface area contributed by atoms with Crippen molar-refractivity contribution in [1.29, 1.82) is 0 Å². The van der Waals surface area contributed by atoms with Gasteiger partial charge in [-0.15, -0.1) is 12.4 Å². The molecule has 0 bridgehead atoms. The molecular weight excluding hydrogens is 367 g/mol. The van der Waals surface area contributed by atoms with Crippen LogP contribution in [0.1, 0.15) is 23.2 Å². The predicted octanol–water partition coefficient (Wildman–Crippen LogP) is 1.19. The van der Waals surface area contributed by atoms with Crippen LogP contribution >= 0.6 is 12.4 Å². The molecule has 0 spiro atoms. The van der Waals surface area contributed by atoms with Crippen molar-refractivity contribution in [3.8, 4) is 0 Å². The van der Waals surface area contributed by atoms with E-state index in [2.05, 4.69) is 5.32 Å². The molecule has 2 heterocycles. The van der Waals surface area contributed by atoms with E-state index in [-0.39, 0.29) is 36.5 Å². The minimum atomic E-state index is -0.695. The first kappa shape index (κ1) is 20.1. The quantitative estimate of drug-likeness (QED) is 0.622. The number of nitrogens with one attached hydrogen (secondary N) is 1. The third kappa shape index (κ3) is 4.10. The van der Waals surface area contributed by atoms with E-state index >= 15 is 0 Å². The number of piperazine rings is 1. The molecule has 2 aliphatic heterocycles. The van der Waals surface area contributed by atoms with Crippen LogP contribution in [0, 0.1) is 15.9 Å². The molecule has 2 fully saturated rings. The van der Waals surface area contributed by atoms with Crippen LogP contribution in [0.4, 0.5) is 10.1 Å². The summed E-state index contributed by atoms with van der Waals surface area (Å²) in [5, 5.41) is 14.1. The summed E-state index contributed by atoms with van der Waals surface area (Å²) in [5.41, 5.74) is -0.663. The molecule has 0 aliphatic carbocycles. The number of likely N-dealkylation sites (tertiary alicyclic amines) is 1. The van der Waals surface area contributed by atoms with Gasteiger partial charge in [0.15, 0.2) is 0 Å². The molecule has 26 heavy (non-hydrogen) atoms. The highest BCUT2D eigenvalue weighted by molar-refractivity contribution is 5.98. The smallest absolute Gasteiger partial charge is 0.282 e. The maximum absolute atomic E-state index is 13.5. The van der Waals surface area contributed by atoms with Crippen LogP contribution in [0.5, 0.6) is 0 Å². The van der Waals surface area contributed by atoms with E-state index in [0.29, 0.717) is 32.6 Å². The van der Waals surface area contributed by atoms with Gasteiger partial charge in [-0.25, -0.2) is 4.39 Å². The zero-order valence-electron chi connectivity index (χ0n) is 14.0. The summed E-state index contributed by atoms with van der Waals surface area (Å²) in [6, 6.07) is 2.76. The molecule has 3 rings (SSSR count). The van der Waals surface area contributed by atoms with Crippen LogP contribution in [-0.4, -0.2) is 65.3 Å². The fourth-order valence-electron chi connectivity index (χ4n) is 3.41. The summed E-state index contributed by atoms with van der Waals surface area (Å²) in [6.45, 7) is 2.29. The minimum Gasteiger partial charge on any atom is -0.336 e. The Hall–Kier alpha value is -2.26. The molecule has 10 heteroatoms. The van der Waals surface area contributed by atoms with Crippen molar-refractivity contribution in [2.24, 2.45) is 0 Å². The maximum atomic E-state index is 13.5. The van der Waals surface area contributed by atoms with E-state index in [1.54, 1.807) is 4.90 Å². The van der Waals surface area contributed by atoms with E-state index < -0.39 is 22.3 Å². The van der Waals surface area contributed by atoms with E-state index in [0.717, 1.165) is 24.6 Å². The Morgan fingerprint density at radius 3 is 2.81 bits per heavy atom. The number of nitrogens with zero attached hydrogens (tertiary/aromatic N) is 3. The normalized spacial score (nSPS) is 20.5. The summed E-state index contributed by atoms with van der Waals surface area (Å²) in [7, 11) is 0. The maximum Gasteiger partial charge on any atom is 0.282 e. The monoisotopic (exact) mass is 386 g/mol. The molecule has 1 atom stereocenters. The summed E-state index contributed by atoms with van der Waals surface area (Å²) < 4.78 is 13.5. The van der Waals surface area contributed by atoms with Crippen LogP contribution in [0.15, 0.2) is 18.2 Å². The Labute approximate surface area is 155 Å². The van der Waals surface area contributed by atoms with Crippen molar-refractivity contribution in [3.63, 3.8) is 0 Å². The number of rotatable bonds is 3. The van der Waals surface area contributed by atoms with Gasteiger partial charge >= 0.3 is 0 Å². The van der Waals surface area contributed by atoms with Gasteiger partial charge in [0, 0.05) is 38.3 Å². The topological polar surface area (TPSA) is 95.8 Å². The zero-order chi connectivity index (χ0) is 18.0. The van der Waals surface area contributed by atoms with E-state index in [9.17, 15) is 24.1 Å². The molecule has 8 nitrogen and oxygen atoms in total. The van der Waals surface area contributed by atoms with Crippen molar-refractivity contribution >= 4 is 29.9 Å². The number of hydrogen-bond donors (Lipinski definition) is 1. The van der Waals surface area contributed by atoms with E-state index in [4.69, 9.17) is 0 Å². The summed E-state index contributed by atoms with van der Waals surface area (Å²) >= 11 is 0. The number of nitro benzene ring substituents is 1. The average Bonchev–Trinajstić information content (AvgIpc) is 2.61. The number of carbonyl (C=O) groups excluding carboxylic acids is 2. The first-order valence-electron chi connectivity index (χ1n) is 8.21. The molecule has 1 unspecified atom stereocenters. The van der Waals surface area contributed by atoms with Gasteiger partial charge in [-0.05, 0) is 25.0 Å². The van der Waals surface area contributed by atoms with E-state index in [1.807, 2.05) is 0 Å². The number of benzene rings is 1. The molecule has 0 radical (unpaired) electrons. The Morgan fingerprint density at radius 2 is 2.12 bits per heavy atom. The average molecular weight is 387 g/mol. The van der Waals surface area contributed by atoms with Crippen molar-refractivity contribution in [2.45, 2.75) is 18.9 Å². The van der Waals surface area contributed by atoms with Crippen LogP contribution in [0.25, 0.3) is 0 Å². The minimum absolute atomic E-state index is 0. The first-order valence-corrected chi connectivity index (χ1v) is 8.21.